The van der Waals surface area contributed by atoms with Crippen molar-refractivity contribution < 1.29 is 4.79 Å². The maximum absolute atomic E-state index is 13.3. The molecule has 1 aromatic heterocycles. The lowest BCUT2D eigenvalue weighted by Crippen LogP contribution is -2.38. The molecule has 3 fully saturated rings. The molecule has 3 aliphatic rings. The molecule has 5 nitrogen and oxygen atoms in total. The molecule has 1 atom stereocenters. The summed E-state index contributed by atoms with van der Waals surface area (Å²) in [5.41, 5.74) is 3.33. The van der Waals surface area contributed by atoms with E-state index >= 15 is 0 Å². The van der Waals surface area contributed by atoms with Crippen molar-refractivity contribution in [2.24, 2.45) is 11.3 Å². The molecule has 1 spiro atoms. The maximum atomic E-state index is 13.3. The van der Waals surface area contributed by atoms with Gasteiger partial charge in [0.05, 0.1) is 0 Å². The van der Waals surface area contributed by atoms with Crippen LogP contribution in [-0.4, -0.2) is 38.7 Å². The zero-order valence-corrected chi connectivity index (χ0v) is 16.3. The molecule has 1 saturated heterocycles. The fourth-order valence-electron chi connectivity index (χ4n) is 5.15. The van der Waals surface area contributed by atoms with E-state index in [1.165, 1.54) is 32.1 Å². The number of aromatic nitrogens is 3. The van der Waals surface area contributed by atoms with Crippen LogP contribution < -0.4 is 0 Å². The highest BCUT2D eigenvalue weighted by Crippen LogP contribution is 2.55. The monoisotopic (exact) mass is 364 g/mol. The Labute approximate surface area is 160 Å². The zero-order chi connectivity index (χ0) is 18.6. The molecule has 5 rings (SSSR count). The first-order valence-electron chi connectivity index (χ1n) is 10.3. The average Bonchev–Trinajstić information content (AvgIpc) is 3.14. The lowest BCUT2D eigenvalue weighted by Gasteiger charge is -2.42. The summed E-state index contributed by atoms with van der Waals surface area (Å²) in [5.74, 6) is 2.40. The number of nitrogens with zero attached hydrogens (tertiary/aromatic N) is 4. The Kier molecular flexibility index (Phi) is 3.88. The predicted molar refractivity (Wildman–Crippen MR) is 104 cm³/mol. The van der Waals surface area contributed by atoms with Crippen molar-refractivity contribution in [3.63, 3.8) is 0 Å². The third-order valence-electron chi connectivity index (χ3n) is 6.86. The summed E-state index contributed by atoms with van der Waals surface area (Å²) in [6.07, 6.45) is 8.21. The van der Waals surface area contributed by atoms with Gasteiger partial charge in [-0.3, -0.25) is 4.79 Å². The van der Waals surface area contributed by atoms with Gasteiger partial charge < -0.3 is 9.47 Å². The van der Waals surface area contributed by atoms with Crippen LogP contribution in [0.3, 0.4) is 0 Å². The number of rotatable bonds is 4. The number of likely N-dealkylation sites (tertiary alicyclic amines) is 1. The van der Waals surface area contributed by atoms with Crippen molar-refractivity contribution in [1.82, 2.24) is 19.7 Å². The van der Waals surface area contributed by atoms with Gasteiger partial charge >= 0.3 is 0 Å². The first kappa shape index (κ1) is 17.0. The fraction of sp³-hybridized carbons (Fsp3) is 0.591. The third-order valence-corrected chi connectivity index (χ3v) is 6.86. The topological polar surface area (TPSA) is 51.0 Å². The lowest BCUT2D eigenvalue weighted by molar-refractivity contribution is 0.0723. The second-order valence-electron chi connectivity index (χ2n) is 9.12. The predicted octanol–water partition coefficient (Wildman–Crippen LogP) is 3.71. The number of hydrogen-bond donors (Lipinski definition) is 0. The van der Waals surface area contributed by atoms with Crippen LogP contribution in [0.1, 0.15) is 65.3 Å². The standard InChI is InChI=1S/C22H28N4O/c1-15-8-16(2)10-18(9-15)21(27)25-12-19(22(13-25)6-3-7-22)20-24-23-14-26(20)11-17-4-5-17/h8-10,14,17,19H,3-7,11-13H2,1-2H3. The molecular formula is C22H28N4O. The summed E-state index contributed by atoms with van der Waals surface area (Å²) in [6.45, 7) is 6.80. The van der Waals surface area contributed by atoms with Crippen molar-refractivity contribution in [3.8, 4) is 0 Å². The Morgan fingerprint density at radius 2 is 1.93 bits per heavy atom. The summed E-state index contributed by atoms with van der Waals surface area (Å²) in [4.78, 5) is 15.3. The maximum Gasteiger partial charge on any atom is 0.253 e. The SMILES string of the molecule is Cc1cc(C)cc(C(=O)N2CC(c3nncn3CC3CC3)C3(CCC3)C2)c1. The van der Waals surface area contributed by atoms with E-state index in [0.717, 1.165) is 48.1 Å². The minimum absolute atomic E-state index is 0.170. The Morgan fingerprint density at radius 3 is 2.56 bits per heavy atom. The number of hydrogen-bond acceptors (Lipinski definition) is 3. The highest BCUT2D eigenvalue weighted by molar-refractivity contribution is 5.95. The highest BCUT2D eigenvalue weighted by Gasteiger charge is 2.53. The molecule has 1 unspecified atom stereocenters. The molecule has 2 saturated carbocycles. The van der Waals surface area contributed by atoms with Crippen LogP contribution in [0.5, 0.6) is 0 Å². The third kappa shape index (κ3) is 2.97. The van der Waals surface area contributed by atoms with Gasteiger partial charge in [-0.1, -0.05) is 23.6 Å². The molecule has 0 radical (unpaired) electrons. The number of aryl methyl sites for hydroxylation is 2. The Balaban J connectivity index is 1.42. The largest absolute Gasteiger partial charge is 0.337 e. The first-order valence-corrected chi connectivity index (χ1v) is 10.3. The fourth-order valence-corrected chi connectivity index (χ4v) is 5.15. The van der Waals surface area contributed by atoms with Crippen LogP contribution in [-0.2, 0) is 6.54 Å². The Hall–Kier alpha value is -2.17. The van der Waals surface area contributed by atoms with E-state index in [9.17, 15) is 4.79 Å². The molecule has 1 aromatic carbocycles. The number of amides is 1. The molecule has 0 N–H and O–H groups in total. The normalized spacial score (nSPS) is 23.6. The number of carbonyl (C=O) groups is 1. The zero-order valence-electron chi connectivity index (χ0n) is 16.3. The average molecular weight is 364 g/mol. The molecule has 27 heavy (non-hydrogen) atoms. The van der Waals surface area contributed by atoms with Gasteiger partial charge in [0.25, 0.3) is 5.91 Å². The van der Waals surface area contributed by atoms with Gasteiger partial charge in [0.15, 0.2) is 0 Å². The van der Waals surface area contributed by atoms with Crippen molar-refractivity contribution in [2.75, 3.05) is 13.1 Å². The van der Waals surface area contributed by atoms with E-state index in [1.807, 2.05) is 18.5 Å². The van der Waals surface area contributed by atoms with E-state index in [1.54, 1.807) is 0 Å². The van der Waals surface area contributed by atoms with E-state index in [0.29, 0.717) is 5.92 Å². The van der Waals surface area contributed by atoms with Crippen molar-refractivity contribution >= 4 is 5.91 Å². The van der Waals surface area contributed by atoms with E-state index in [4.69, 9.17) is 0 Å². The summed E-state index contributed by atoms with van der Waals surface area (Å²) in [7, 11) is 0. The Bertz CT molecular complexity index is 858. The van der Waals surface area contributed by atoms with E-state index < -0.39 is 0 Å². The summed E-state index contributed by atoms with van der Waals surface area (Å²) in [6, 6.07) is 6.16. The van der Waals surface area contributed by atoms with Crippen molar-refractivity contribution in [3.05, 3.63) is 47.0 Å². The minimum Gasteiger partial charge on any atom is -0.337 e. The van der Waals surface area contributed by atoms with Gasteiger partial charge in [-0.2, -0.15) is 0 Å². The molecule has 1 amide bonds. The second-order valence-corrected chi connectivity index (χ2v) is 9.12. The molecular weight excluding hydrogens is 336 g/mol. The molecule has 0 bridgehead atoms. The smallest absolute Gasteiger partial charge is 0.253 e. The summed E-state index contributed by atoms with van der Waals surface area (Å²) < 4.78 is 2.27. The first-order chi connectivity index (χ1) is 13.0. The van der Waals surface area contributed by atoms with Crippen LogP contribution >= 0.6 is 0 Å². The van der Waals surface area contributed by atoms with Gasteiger partial charge in [-0.25, -0.2) is 0 Å². The highest BCUT2D eigenvalue weighted by atomic mass is 16.2. The molecule has 142 valence electrons. The molecule has 2 aliphatic carbocycles. The van der Waals surface area contributed by atoms with E-state index in [-0.39, 0.29) is 11.3 Å². The minimum atomic E-state index is 0.170. The number of benzene rings is 1. The number of carbonyl (C=O) groups excluding carboxylic acids is 1. The van der Waals surface area contributed by atoms with Gasteiger partial charge in [0.2, 0.25) is 0 Å². The molecule has 2 heterocycles. The van der Waals surface area contributed by atoms with Gasteiger partial charge in [0, 0.05) is 31.1 Å². The van der Waals surface area contributed by atoms with E-state index in [2.05, 4.69) is 39.6 Å². The molecule has 5 heteroatoms. The summed E-state index contributed by atoms with van der Waals surface area (Å²) >= 11 is 0. The quantitative estimate of drug-likeness (QED) is 0.831. The van der Waals surface area contributed by atoms with Gasteiger partial charge in [0.1, 0.15) is 12.2 Å². The van der Waals surface area contributed by atoms with Crippen LogP contribution in [0.15, 0.2) is 24.5 Å². The van der Waals surface area contributed by atoms with Crippen LogP contribution in [0.4, 0.5) is 0 Å². The van der Waals surface area contributed by atoms with Crippen LogP contribution in [0.2, 0.25) is 0 Å². The molecule has 2 aromatic rings. The van der Waals surface area contributed by atoms with Gasteiger partial charge in [-0.05, 0) is 63.0 Å². The van der Waals surface area contributed by atoms with Crippen molar-refractivity contribution in [2.45, 2.75) is 58.4 Å². The van der Waals surface area contributed by atoms with Gasteiger partial charge in [-0.15, -0.1) is 10.2 Å². The van der Waals surface area contributed by atoms with Crippen LogP contribution in [0.25, 0.3) is 0 Å². The van der Waals surface area contributed by atoms with Crippen LogP contribution in [0, 0.1) is 25.2 Å². The van der Waals surface area contributed by atoms with Crippen molar-refractivity contribution in [1.29, 1.82) is 0 Å². The molecule has 1 aliphatic heterocycles. The second kappa shape index (κ2) is 6.18. The summed E-state index contributed by atoms with van der Waals surface area (Å²) in [5, 5.41) is 8.76. The Morgan fingerprint density at radius 1 is 1.19 bits per heavy atom. The lowest BCUT2D eigenvalue weighted by atomic mass is 9.62.